The van der Waals surface area contributed by atoms with Gasteiger partial charge in [0, 0.05) is 0 Å². The van der Waals surface area contributed by atoms with E-state index in [0.717, 1.165) is 22.6 Å². The molecule has 4 saturated carbocycles. The minimum absolute atomic E-state index is 0. The summed E-state index contributed by atoms with van der Waals surface area (Å²) >= 11 is 0. The Labute approximate surface area is 305 Å². The molecule has 0 aromatic heterocycles. The molecule has 47 heavy (non-hydrogen) atoms. The van der Waals surface area contributed by atoms with E-state index in [0.29, 0.717) is 0 Å². The molecule has 4 aliphatic rings. The van der Waals surface area contributed by atoms with Crippen LogP contribution in [0, 0.1) is 0 Å². The Kier molecular flexibility index (Phi) is 22.2. The van der Waals surface area contributed by atoms with Crippen LogP contribution in [0.25, 0.3) is 0 Å². The number of hydrogen-bond acceptors (Lipinski definition) is 0. The number of rotatable bonds is 11. The van der Waals surface area contributed by atoms with Gasteiger partial charge in [-0.1, -0.05) is 186 Å². The van der Waals surface area contributed by atoms with Crippen molar-refractivity contribution >= 4 is 26.5 Å². The maximum absolute atomic E-state index is 3.66. The van der Waals surface area contributed by atoms with E-state index < -0.39 is 0 Å². The summed E-state index contributed by atoms with van der Waals surface area (Å²) in [6.45, 7) is 5.89. The van der Waals surface area contributed by atoms with Gasteiger partial charge in [-0.3, -0.25) is 0 Å². The van der Waals surface area contributed by atoms with Gasteiger partial charge < -0.3 is 0 Å². The van der Waals surface area contributed by atoms with Crippen LogP contribution in [0.3, 0.4) is 0 Å². The van der Waals surface area contributed by atoms with Gasteiger partial charge in [-0.05, 0) is 97.5 Å². The van der Waals surface area contributed by atoms with Gasteiger partial charge in [0.05, 0.1) is 0 Å². The summed E-state index contributed by atoms with van der Waals surface area (Å²) in [5.41, 5.74) is 4.15. The van der Waals surface area contributed by atoms with Gasteiger partial charge in [0.1, 0.15) is 0 Å². The van der Waals surface area contributed by atoms with Crippen molar-refractivity contribution in [3.05, 3.63) is 73.3 Å². The molecule has 0 bridgehead atoms. The first kappa shape index (κ1) is 41.0. The minimum atomic E-state index is 0. The molecule has 2 aromatic rings. The molecule has 4 aliphatic carbocycles. The van der Waals surface area contributed by atoms with Crippen LogP contribution in [0.2, 0.25) is 0 Å². The predicted molar refractivity (Wildman–Crippen MR) is 212 cm³/mol. The van der Waals surface area contributed by atoms with Crippen molar-refractivity contribution < 1.29 is 16.5 Å². The fourth-order valence-electron chi connectivity index (χ4n) is 8.79. The molecule has 0 radical (unpaired) electrons. The van der Waals surface area contributed by atoms with Crippen LogP contribution in [0.1, 0.15) is 167 Å². The van der Waals surface area contributed by atoms with Crippen molar-refractivity contribution in [2.45, 2.75) is 190 Å². The van der Waals surface area contributed by atoms with Gasteiger partial charge in [-0.15, -0.1) is 6.58 Å². The number of hydrogen-bond donors (Lipinski definition) is 0. The standard InChI is InChI=1S/2C18H27P.C8H16.Ni/c2*1-4-10-16(11-5-1)19(17-12-6-2-7-13-17)18-14-8-3-9-15-18;1-3-5-7-8-6-4-2;/h2*1,4-5,10-11,17-18H,2-3,6-9,12-15H2;3H,1,4-8H2,2H3;/q;;;+2. The first-order chi connectivity index (χ1) is 22.8. The molecule has 0 amide bonds. The molecular weight excluding hydrogens is 649 g/mol. The molecule has 0 aliphatic heterocycles. The molecular formula is C44H70NiP2+2. The third-order valence-corrected chi connectivity index (χ3v) is 18.2. The summed E-state index contributed by atoms with van der Waals surface area (Å²) in [6, 6.07) is 23.1. The van der Waals surface area contributed by atoms with Crippen molar-refractivity contribution in [3.8, 4) is 0 Å². The van der Waals surface area contributed by atoms with E-state index in [2.05, 4.69) is 74.2 Å². The largest absolute Gasteiger partial charge is 2.00 e. The van der Waals surface area contributed by atoms with Crippen LogP contribution in [-0.4, -0.2) is 22.6 Å². The average Bonchev–Trinajstić information content (AvgIpc) is 3.14. The van der Waals surface area contributed by atoms with E-state index in [1.165, 1.54) is 161 Å². The monoisotopic (exact) mass is 718 g/mol. The smallest absolute Gasteiger partial charge is 0.103 e. The Morgan fingerprint density at radius 1 is 0.489 bits per heavy atom. The Hall–Kier alpha value is -0.466. The second-order valence-electron chi connectivity index (χ2n) is 14.8. The van der Waals surface area contributed by atoms with Crippen LogP contribution in [0.4, 0.5) is 0 Å². The molecule has 0 N–H and O–H groups in total. The van der Waals surface area contributed by atoms with E-state index in [-0.39, 0.29) is 32.3 Å². The Morgan fingerprint density at radius 2 is 0.809 bits per heavy atom. The van der Waals surface area contributed by atoms with Gasteiger partial charge in [0.2, 0.25) is 0 Å². The zero-order valence-corrected chi connectivity index (χ0v) is 33.0. The maximum Gasteiger partial charge on any atom is 2.00 e. The normalized spacial score (nSPS) is 20.0. The Bertz CT molecular complexity index is 890. The van der Waals surface area contributed by atoms with E-state index in [4.69, 9.17) is 0 Å². The molecule has 3 heteroatoms. The molecule has 2 aromatic carbocycles. The first-order valence-electron chi connectivity index (χ1n) is 20.1. The van der Waals surface area contributed by atoms with E-state index in [1.54, 1.807) is 10.6 Å². The number of benzene rings is 2. The van der Waals surface area contributed by atoms with Crippen molar-refractivity contribution in [1.29, 1.82) is 0 Å². The molecule has 0 nitrogen and oxygen atoms in total. The van der Waals surface area contributed by atoms with Gasteiger partial charge in [-0.2, -0.15) is 0 Å². The summed E-state index contributed by atoms with van der Waals surface area (Å²) in [5.74, 6) is 0. The summed E-state index contributed by atoms with van der Waals surface area (Å²) in [7, 11) is 0.216. The molecule has 6 rings (SSSR count). The molecule has 4 fully saturated rings. The fourth-order valence-corrected chi connectivity index (χ4v) is 16.4. The first-order valence-corrected chi connectivity index (χ1v) is 23.1. The minimum Gasteiger partial charge on any atom is -0.103 e. The van der Waals surface area contributed by atoms with Crippen molar-refractivity contribution in [2.75, 3.05) is 0 Å². The Balaban J connectivity index is 0.000000206. The van der Waals surface area contributed by atoms with E-state index in [1.807, 2.05) is 6.08 Å². The molecule has 264 valence electrons. The number of unbranched alkanes of at least 4 members (excludes halogenated alkanes) is 4. The predicted octanol–water partition coefficient (Wildman–Crippen LogP) is 14.1. The summed E-state index contributed by atoms with van der Waals surface area (Å²) in [4.78, 5) is 0. The summed E-state index contributed by atoms with van der Waals surface area (Å²) in [5, 5.41) is 3.41. The van der Waals surface area contributed by atoms with Crippen LogP contribution >= 0.6 is 15.8 Å². The SMILES string of the molecule is C=CCCCCCC.[Ni+2].c1ccc(P(C2CCCCC2)C2CCCCC2)cc1.c1ccc(P(C2CCCCC2)C2CCCCC2)cc1. The van der Waals surface area contributed by atoms with Gasteiger partial charge >= 0.3 is 16.5 Å². The molecule has 0 atom stereocenters. The van der Waals surface area contributed by atoms with Gasteiger partial charge in [0.15, 0.2) is 0 Å². The Morgan fingerprint density at radius 3 is 1.09 bits per heavy atom. The molecule has 0 saturated heterocycles. The van der Waals surface area contributed by atoms with Crippen molar-refractivity contribution in [1.82, 2.24) is 0 Å². The van der Waals surface area contributed by atoms with E-state index in [9.17, 15) is 0 Å². The van der Waals surface area contributed by atoms with Crippen molar-refractivity contribution in [3.63, 3.8) is 0 Å². The second-order valence-corrected chi connectivity index (χ2v) is 20.4. The van der Waals surface area contributed by atoms with Crippen LogP contribution < -0.4 is 10.6 Å². The molecule has 0 unspecified atom stereocenters. The van der Waals surface area contributed by atoms with Gasteiger partial charge in [0.25, 0.3) is 0 Å². The zero-order valence-electron chi connectivity index (χ0n) is 30.3. The van der Waals surface area contributed by atoms with E-state index >= 15 is 0 Å². The second kappa shape index (κ2) is 25.5. The summed E-state index contributed by atoms with van der Waals surface area (Å²) < 4.78 is 0. The zero-order chi connectivity index (χ0) is 32.1. The maximum atomic E-state index is 3.66. The number of allylic oxidation sites excluding steroid dienone is 1. The average molecular weight is 720 g/mol. The topological polar surface area (TPSA) is 0 Å². The van der Waals surface area contributed by atoms with Gasteiger partial charge in [-0.25, -0.2) is 0 Å². The van der Waals surface area contributed by atoms with Crippen LogP contribution in [-0.2, 0) is 16.5 Å². The van der Waals surface area contributed by atoms with Crippen LogP contribution in [0.15, 0.2) is 73.3 Å². The summed E-state index contributed by atoms with van der Waals surface area (Å²) in [6.07, 6.45) is 38.6. The third-order valence-electron chi connectivity index (χ3n) is 11.2. The molecule has 0 heterocycles. The third kappa shape index (κ3) is 14.7. The quantitative estimate of drug-likeness (QED) is 0.0939. The fraction of sp³-hybridized carbons (Fsp3) is 0.682. The molecule has 0 spiro atoms. The van der Waals surface area contributed by atoms with Crippen molar-refractivity contribution in [2.24, 2.45) is 0 Å². The van der Waals surface area contributed by atoms with Crippen LogP contribution in [0.5, 0.6) is 0 Å².